The van der Waals surface area contributed by atoms with Crippen molar-refractivity contribution in [3.63, 3.8) is 0 Å². The van der Waals surface area contributed by atoms with Gasteiger partial charge in [-0.2, -0.15) is 0 Å². The van der Waals surface area contributed by atoms with E-state index in [1.807, 2.05) is 43.8 Å². The van der Waals surface area contributed by atoms with Gasteiger partial charge in [0.05, 0.1) is 18.1 Å². The van der Waals surface area contributed by atoms with Crippen LogP contribution in [0.4, 0.5) is 10.3 Å². The molecule has 3 rings (SSSR count). The molecule has 0 bridgehead atoms. The number of carbonyl (C=O) groups excluding carboxylic acids is 2. The first-order chi connectivity index (χ1) is 15.3. The fourth-order valence-corrected chi connectivity index (χ4v) is 6.04. The second-order valence-corrected chi connectivity index (χ2v) is 8.99. The summed E-state index contributed by atoms with van der Waals surface area (Å²) in [6.45, 7) is 13.9. The van der Waals surface area contributed by atoms with E-state index < -0.39 is 0 Å². The number of hydrazine groups is 2. The summed E-state index contributed by atoms with van der Waals surface area (Å²) in [6, 6.07) is 1.90. The summed E-state index contributed by atoms with van der Waals surface area (Å²) in [5.41, 5.74) is 1.42. The number of thiazole rings is 2. The Morgan fingerprint density at radius 3 is 1.47 bits per heavy atom. The minimum absolute atomic E-state index is 0.0923. The van der Waals surface area contributed by atoms with Crippen molar-refractivity contribution in [3.05, 3.63) is 6.07 Å². The lowest BCUT2D eigenvalue weighted by Crippen LogP contribution is -2.45. The molecule has 1 aromatic carbocycles. The minimum Gasteiger partial charge on any atom is -0.494 e. The van der Waals surface area contributed by atoms with Crippen LogP contribution in [0, 0.1) is 0 Å². The monoisotopic (exact) mass is 478 g/mol. The molecule has 0 unspecified atom stereocenters. The molecule has 0 atom stereocenters. The van der Waals surface area contributed by atoms with Gasteiger partial charge in [-0.25, -0.2) is 30.0 Å². The maximum atomic E-state index is 12.4. The van der Waals surface area contributed by atoms with Crippen molar-refractivity contribution >= 4 is 65.2 Å². The van der Waals surface area contributed by atoms with Crippen molar-refractivity contribution in [1.29, 1.82) is 0 Å². The summed E-state index contributed by atoms with van der Waals surface area (Å²) in [5, 5.41) is 8.32. The first-order valence-corrected chi connectivity index (χ1v) is 12.3. The van der Waals surface area contributed by atoms with Crippen molar-refractivity contribution in [3.8, 4) is 5.75 Å². The van der Waals surface area contributed by atoms with Crippen LogP contribution in [0.5, 0.6) is 5.75 Å². The summed E-state index contributed by atoms with van der Waals surface area (Å²) in [6.07, 6.45) is 0. The molecule has 9 nitrogen and oxygen atoms in total. The highest BCUT2D eigenvalue weighted by Crippen LogP contribution is 2.44. The van der Waals surface area contributed by atoms with Gasteiger partial charge in [-0.05, 0) is 6.07 Å². The normalized spacial score (nSPS) is 11.7. The third-order valence-corrected chi connectivity index (χ3v) is 7.25. The van der Waals surface area contributed by atoms with Gasteiger partial charge in [0, 0.05) is 40.0 Å². The number of anilines is 2. The smallest absolute Gasteiger partial charge is 0.240 e. The van der Waals surface area contributed by atoms with E-state index in [2.05, 4.69) is 0 Å². The summed E-state index contributed by atoms with van der Waals surface area (Å²) in [7, 11) is 1.62. The van der Waals surface area contributed by atoms with E-state index in [9.17, 15) is 9.59 Å². The highest BCUT2D eigenvalue weighted by atomic mass is 32.1. The Bertz CT molecular complexity index is 1040. The van der Waals surface area contributed by atoms with Gasteiger partial charge in [0.25, 0.3) is 0 Å². The molecule has 0 saturated heterocycles. The first-order valence-electron chi connectivity index (χ1n) is 10.7. The molecular formula is C21H30N6O3S2. The predicted molar refractivity (Wildman–Crippen MR) is 132 cm³/mol. The van der Waals surface area contributed by atoms with Crippen LogP contribution in [-0.2, 0) is 9.59 Å². The maximum absolute atomic E-state index is 12.4. The molecule has 0 N–H and O–H groups in total. The molecule has 0 radical (unpaired) electrons. The van der Waals surface area contributed by atoms with Gasteiger partial charge in [0.2, 0.25) is 22.1 Å². The Hall–Kier alpha value is -2.34. The average molecular weight is 479 g/mol. The largest absolute Gasteiger partial charge is 0.494 e. The van der Waals surface area contributed by atoms with E-state index >= 15 is 0 Å². The van der Waals surface area contributed by atoms with Gasteiger partial charge in [0.1, 0.15) is 9.40 Å². The third-order valence-electron chi connectivity index (χ3n) is 5.16. The minimum atomic E-state index is -0.0923. The van der Waals surface area contributed by atoms with Gasteiger partial charge in [-0.1, -0.05) is 50.4 Å². The lowest BCUT2D eigenvalue weighted by molar-refractivity contribution is -0.120. The molecule has 0 spiro atoms. The van der Waals surface area contributed by atoms with Gasteiger partial charge in [-0.3, -0.25) is 9.59 Å². The molecule has 2 aromatic heterocycles. The van der Waals surface area contributed by atoms with Crippen molar-refractivity contribution in [2.24, 2.45) is 0 Å². The lowest BCUT2D eigenvalue weighted by atomic mass is 10.3. The van der Waals surface area contributed by atoms with Crippen LogP contribution in [0.3, 0.4) is 0 Å². The van der Waals surface area contributed by atoms with E-state index in [0.717, 1.165) is 9.40 Å². The number of hydrogen-bond donors (Lipinski definition) is 0. The van der Waals surface area contributed by atoms with Crippen LogP contribution >= 0.6 is 22.7 Å². The second-order valence-electron chi connectivity index (χ2n) is 7.04. The zero-order valence-electron chi connectivity index (χ0n) is 19.6. The SMILES string of the molecule is CCN(CC)N(C(C)=O)c1nc2cc3nc(N(C(C)=O)N(CC)CC)sc3c(OC)c2s1. The number of benzene rings is 1. The average Bonchev–Trinajstić information content (AvgIpc) is 3.36. The molecule has 11 heteroatoms. The molecule has 2 heterocycles. The Kier molecular flexibility index (Phi) is 7.65. The van der Waals surface area contributed by atoms with Crippen LogP contribution in [0.15, 0.2) is 6.07 Å². The molecule has 0 aliphatic rings. The number of amides is 2. The van der Waals surface area contributed by atoms with Gasteiger partial charge in [0.15, 0.2) is 5.75 Å². The fourth-order valence-electron chi connectivity index (χ4n) is 3.68. The maximum Gasteiger partial charge on any atom is 0.240 e. The highest BCUT2D eigenvalue weighted by Gasteiger charge is 2.27. The van der Waals surface area contributed by atoms with Crippen LogP contribution in [0.1, 0.15) is 41.5 Å². The van der Waals surface area contributed by atoms with Crippen LogP contribution in [0.2, 0.25) is 0 Å². The number of ether oxygens (including phenoxy) is 1. The zero-order valence-corrected chi connectivity index (χ0v) is 21.3. The van der Waals surface area contributed by atoms with Crippen LogP contribution in [-0.4, -0.2) is 65.1 Å². The van der Waals surface area contributed by atoms with Crippen molar-refractivity contribution in [2.75, 3.05) is 43.3 Å². The lowest BCUT2D eigenvalue weighted by Gasteiger charge is -2.30. The molecule has 2 amide bonds. The zero-order chi connectivity index (χ0) is 23.6. The standard InChI is InChI=1S/C21H30N6O3S2/c1-8-24(9-2)26(13(5)28)20-22-15-12-16-19(17(30-7)18(15)31-20)32-21(23-16)27(14(6)29)25(10-3)11-4/h12H,8-11H2,1-7H3. The summed E-state index contributed by atoms with van der Waals surface area (Å²) in [5.74, 6) is 0.478. The van der Waals surface area contributed by atoms with E-state index in [-0.39, 0.29) is 11.8 Å². The van der Waals surface area contributed by atoms with E-state index in [1.165, 1.54) is 36.5 Å². The summed E-state index contributed by atoms with van der Waals surface area (Å²) >= 11 is 2.83. The molecular weight excluding hydrogens is 448 g/mol. The number of hydrogen-bond acceptors (Lipinski definition) is 9. The molecule has 3 aromatic rings. The Labute approximate surface area is 196 Å². The van der Waals surface area contributed by atoms with Gasteiger partial charge < -0.3 is 4.74 Å². The number of nitrogens with zero attached hydrogens (tertiary/aromatic N) is 6. The highest BCUT2D eigenvalue weighted by molar-refractivity contribution is 7.25. The second kappa shape index (κ2) is 10.1. The number of methoxy groups -OCH3 is 1. The molecule has 174 valence electrons. The third kappa shape index (κ3) is 4.29. The Morgan fingerprint density at radius 2 is 1.19 bits per heavy atom. The van der Waals surface area contributed by atoms with E-state index in [4.69, 9.17) is 14.7 Å². The van der Waals surface area contributed by atoms with E-state index in [0.29, 0.717) is 53.2 Å². The Balaban J connectivity index is 2.18. The Morgan fingerprint density at radius 1 is 0.812 bits per heavy atom. The molecule has 0 fully saturated rings. The summed E-state index contributed by atoms with van der Waals surface area (Å²) in [4.78, 5) is 34.3. The summed E-state index contributed by atoms with van der Waals surface area (Å²) < 4.78 is 7.48. The number of aromatic nitrogens is 2. The van der Waals surface area contributed by atoms with Gasteiger partial charge >= 0.3 is 0 Å². The fraction of sp³-hybridized carbons (Fsp3) is 0.524. The quantitative estimate of drug-likeness (QED) is 0.428. The molecule has 0 aliphatic heterocycles. The number of rotatable bonds is 9. The van der Waals surface area contributed by atoms with Crippen LogP contribution in [0.25, 0.3) is 20.4 Å². The number of fused-ring (bicyclic) bond motifs is 2. The van der Waals surface area contributed by atoms with Gasteiger partial charge in [-0.15, -0.1) is 0 Å². The van der Waals surface area contributed by atoms with Crippen molar-refractivity contribution in [1.82, 2.24) is 20.0 Å². The van der Waals surface area contributed by atoms with Crippen molar-refractivity contribution < 1.29 is 14.3 Å². The first kappa shape index (κ1) is 24.3. The molecule has 32 heavy (non-hydrogen) atoms. The molecule has 0 aliphatic carbocycles. The molecule has 0 saturated carbocycles. The number of carbonyl (C=O) groups is 2. The van der Waals surface area contributed by atoms with Crippen molar-refractivity contribution in [2.45, 2.75) is 41.5 Å². The van der Waals surface area contributed by atoms with Crippen LogP contribution < -0.4 is 14.8 Å². The van der Waals surface area contributed by atoms with E-state index in [1.54, 1.807) is 17.1 Å². The topological polar surface area (TPSA) is 82.1 Å². The predicted octanol–water partition coefficient (Wildman–Crippen LogP) is 4.13.